The maximum absolute atomic E-state index is 5.11. The predicted molar refractivity (Wildman–Crippen MR) is 72.8 cm³/mol. The Bertz CT molecular complexity index is 366. The van der Waals surface area contributed by atoms with Crippen molar-refractivity contribution in [1.82, 2.24) is 0 Å². The molecule has 0 atom stereocenters. The van der Waals surface area contributed by atoms with Gasteiger partial charge in [-0.15, -0.1) is 0 Å². The minimum atomic E-state index is 0.796. The monoisotopic (exact) mass is 330 g/mol. The van der Waals surface area contributed by atoms with Crippen LogP contribution in [-0.4, -0.2) is 12.4 Å². The molecule has 0 fully saturated rings. The van der Waals surface area contributed by atoms with Gasteiger partial charge < -0.3 is 4.74 Å². The molecule has 1 aromatic carbocycles. The lowest BCUT2D eigenvalue weighted by atomic mass is 10.1. The number of allylic oxidation sites excluding steroid dienone is 3. The van der Waals surface area contributed by atoms with Crippen LogP contribution < -0.4 is 4.74 Å². The third-order valence-corrected chi connectivity index (χ3v) is 2.77. The highest BCUT2D eigenvalue weighted by molar-refractivity contribution is 9.11. The molecule has 0 unspecified atom stereocenters. The van der Waals surface area contributed by atoms with Crippen molar-refractivity contribution in [2.24, 2.45) is 0 Å². The van der Waals surface area contributed by atoms with Gasteiger partial charge in [0, 0.05) is 9.81 Å². The Morgan fingerprint density at radius 3 is 2.40 bits per heavy atom. The van der Waals surface area contributed by atoms with E-state index < -0.39 is 0 Å². The standard InChI is InChI=1S/C12H12Br2O/c1-9(14)7-11(8-13)10-3-5-12(15-2)6-4-10/h3-7H,1,8H2,2H3/b11-7+. The molecule has 3 heteroatoms. The lowest BCUT2D eigenvalue weighted by molar-refractivity contribution is 0.415. The van der Waals surface area contributed by atoms with Crippen molar-refractivity contribution in [3.05, 3.63) is 47.0 Å². The number of alkyl halides is 1. The van der Waals surface area contributed by atoms with E-state index in [1.54, 1.807) is 7.11 Å². The van der Waals surface area contributed by atoms with Gasteiger partial charge in [0.25, 0.3) is 0 Å². The zero-order valence-electron chi connectivity index (χ0n) is 8.47. The zero-order chi connectivity index (χ0) is 11.3. The van der Waals surface area contributed by atoms with Crippen LogP contribution in [0.1, 0.15) is 5.56 Å². The molecule has 0 aliphatic rings. The maximum atomic E-state index is 5.11. The molecule has 0 aliphatic heterocycles. The van der Waals surface area contributed by atoms with E-state index >= 15 is 0 Å². The van der Waals surface area contributed by atoms with Crippen LogP contribution in [0.4, 0.5) is 0 Å². The van der Waals surface area contributed by atoms with Gasteiger partial charge in [0.1, 0.15) is 5.75 Å². The van der Waals surface area contributed by atoms with Gasteiger partial charge >= 0.3 is 0 Å². The van der Waals surface area contributed by atoms with Crippen molar-refractivity contribution in [2.45, 2.75) is 0 Å². The minimum absolute atomic E-state index is 0.796. The lowest BCUT2D eigenvalue weighted by Gasteiger charge is -2.05. The van der Waals surface area contributed by atoms with E-state index in [0.717, 1.165) is 21.1 Å². The number of rotatable bonds is 4. The summed E-state index contributed by atoms with van der Waals surface area (Å²) in [7, 11) is 1.66. The molecule has 1 rings (SSSR count). The summed E-state index contributed by atoms with van der Waals surface area (Å²) in [5.74, 6) is 0.866. The molecule has 0 saturated heterocycles. The highest BCUT2D eigenvalue weighted by atomic mass is 79.9. The second kappa shape index (κ2) is 6.13. The van der Waals surface area contributed by atoms with Crippen molar-refractivity contribution in [2.75, 3.05) is 12.4 Å². The van der Waals surface area contributed by atoms with Gasteiger partial charge in [-0.1, -0.05) is 50.6 Å². The van der Waals surface area contributed by atoms with Crippen LogP contribution in [0.15, 0.2) is 41.4 Å². The number of benzene rings is 1. The van der Waals surface area contributed by atoms with Crippen molar-refractivity contribution >= 4 is 37.4 Å². The Labute approximate surface area is 107 Å². The molecule has 0 spiro atoms. The van der Waals surface area contributed by atoms with Crippen molar-refractivity contribution < 1.29 is 4.74 Å². The van der Waals surface area contributed by atoms with Crippen LogP contribution in [0.5, 0.6) is 5.75 Å². The van der Waals surface area contributed by atoms with E-state index in [9.17, 15) is 0 Å². The largest absolute Gasteiger partial charge is 0.497 e. The second-order valence-electron chi connectivity index (χ2n) is 2.98. The van der Waals surface area contributed by atoms with Crippen LogP contribution in [0.3, 0.4) is 0 Å². The first kappa shape index (κ1) is 12.5. The summed E-state index contributed by atoms with van der Waals surface area (Å²) >= 11 is 6.78. The van der Waals surface area contributed by atoms with Gasteiger partial charge in [0.05, 0.1) is 7.11 Å². The third-order valence-electron chi connectivity index (χ3n) is 1.94. The normalized spacial score (nSPS) is 11.3. The molecule has 0 aliphatic carbocycles. The summed E-state index contributed by atoms with van der Waals surface area (Å²) in [6.45, 7) is 3.80. The average Bonchev–Trinajstić information content (AvgIpc) is 2.26. The van der Waals surface area contributed by atoms with Crippen LogP contribution in [0.25, 0.3) is 5.57 Å². The highest BCUT2D eigenvalue weighted by Gasteiger charge is 2.00. The summed E-state index contributed by atoms with van der Waals surface area (Å²) in [4.78, 5) is 0. The molecule has 1 nitrogen and oxygen atoms in total. The fourth-order valence-corrected chi connectivity index (χ4v) is 1.96. The molecule has 0 amide bonds. The summed E-state index contributed by atoms with van der Waals surface area (Å²) < 4.78 is 5.97. The summed E-state index contributed by atoms with van der Waals surface area (Å²) in [5, 5.41) is 0.796. The number of hydrogen-bond donors (Lipinski definition) is 0. The van der Waals surface area contributed by atoms with Crippen molar-refractivity contribution in [3.63, 3.8) is 0 Å². The fourth-order valence-electron chi connectivity index (χ4n) is 1.19. The molecule has 0 aromatic heterocycles. The molecule has 15 heavy (non-hydrogen) atoms. The lowest BCUT2D eigenvalue weighted by Crippen LogP contribution is -1.87. The van der Waals surface area contributed by atoms with E-state index in [1.165, 1.54) is 5.57 Å². The highest BCUT2D eigenvalue weighted by Crippen LogP contribution is 2.22. The smallest absolute Gasteiger partial charge is 0.118 e. The quantitative estimate of drug-likeness (QED) is 0.587. The number of hydrogen-bond acceptors (Lipinski definition) is 1. The Balaban J connectivity index is 2.98. The molecular weight excluding hydrogens is 320 g/mol. The van der Waals surface area contributed by atoms with E-state index in [-0.39, 0.29) is 0 Å². The first-order valence-corrected chi connectivity index (χ1v) is 6.34. The molecule has 1 aromatic rings. The molecule has 0 bridgehead atoms. The van der Waals surface area contributed by atoms with Gasteiger partial charge in [-0.2, -0.15) is 0 Å². The van der Waals surface area contributed by atoms with Gasteiger partial charge in [-0.3, -0.25) is 0 Å². The third kappa shape index (κ3) is 3.84. The molecule has 0 saturated carbocycles. The van der Waals surface area contributed by atoms with Crippen LogP contribution >= 0.6 is 31.9 Å². The SMILES string of the molecule is C=C(Br)/C=C(\CBr)c1ccc(OC)cc1. The van der Waals surface area contributed by atoms with Gasteiger partial charge in [-0.25, -0.2) is 0 Å². The number of halogens is 2. The molecule has 0 heterocycles. The summed E-state index contributed by atoms with van der Waals surface area (Å²) in [6, 6.07) is 7.95. The summed E-state index contributed by atoms with van der Waals surface area (Å²) in [6.07, 6.45) is 2.00. The topological polar surface area (TPSA) is 9.23 Å². The van der Waals surface area contributed by atoms with E-state index in [1.807, 2.05) is 30.3 Å². The molecule has 80 valence electrons. The van der Waals surface area contributed by atoms with Gasteiger partial charge in [-0.05, 0) is 29.3 Å². The molecule has 0 N–H and O–H groups in total. The van der Waals surface area contributed by atoms with E-state index in [4.69, 9.17) is 4.74 Å². The maximum Gasteiger partial charge on any atom is 0.118 e. The second-order valence-corrected chi connectivity index (χ2v) is 4.56. The Kier molecular flexibility index (Phi) is 5.12. The first-order chi connectivity index (χ1) is 7.17. The molecule has 0 radical (unpaired) electrons. The predicted octanol–water partition coefficient (Wildman–Crippen LogP) is 4.38. The van der Waals surface area contributed by atoms with Crippen molar-refractivity contribution in [1.29, 1.82) is 0 Å². The summed E-state index contributed by atoms with van der Waals surface area (Å²) in [5.41, 5.74) is 2.34. The van der Waals surface area contributed by atoms with Gasteiger partial charge in [0.2, 0.25) is 0 Å². The molecular formula is C12H12Br2O. The average molecular weight is 332 g/mol. The zero-order valence-corrected chi connectivity index (χ0v) is 11.6. The van der Waals surface area contributed by atoms with Gasteiger partial charge in [0.15, 0.2) is 0 Å². The number of methoxy groups -OCH3 is 1. The fraction of sp³-hybridized carbons (Fsp3) is 0.167. The Hall–Kier alpha value is -0.540. The minimum Gasteiger partial charge on any atom is -0.497 e. The first-order valence-electron chi connectivity index (χ1n) is 4.42. The van der Waals surface area contributed by atoms with E-state index in [0.29, 0.717) is 0 Å². The Morgan fingerprint density at radius 2 is 2.00 bits per heavy atom. The van der Waals surface area contributed by atoms with Crippen LogP contribution in [0.2, 0.25) is 0 Å². The van der Waals surface area contributed by atoms with Crippen LogP contribution in [-0.2, 0) is 0 Å². The Morgan fingerprint density at radius 1 is 1.40 bits per heavy atom. The number of ether oxygens (including phenoxy) is 1. The van der Waals surface area contributed by atoms with Crippen molar-refractivity contribution in [3.8, 4) is 5.75 Å². The van der Waals surface area contributed by atoms with E-state index in [2.05, 4.69) is 38.4 Å². The van der Waals surface area contributed by atoms with Crippen LogP contribution in [0, 0.1) is 0 Å².